The van der Waals surface area contributed by atoms with Gasteiger partial charge in [0.25, 0.3) is 0 Å². The molecule has 0 aliphatic carbocycles. The van der Waals surface area contributed by atoms with Gasteiger partial charge in [0.2, 0.25) is 0 Å². The molecule has 5 heteroatoms. The highest BCUT2D eigenvalue weighted by atomic mass is 16.6. The number of carbonyl (C=O) groups excluding carboxylic acids is 2. The molecule has 0 radical (unpaired) electrons. The Kier molecular flexibility index (Phi) is 78.3. The molecule has 1 atom stereocenters. The van der Waals surface area contributed by atoms with Crippen molar-refractivity contribution in [1.29, 1.82) is 0 Å². The van der Waals surface area contributed by atoms with Gasteiger partial charge in [0, 0.05) is 12.8 Å². The minimum Gasteiger partial charge on any atom is -0.462 e. The van der Waals surface area contributed by atoms with E-state index in [0.29, 0.717) is 12.8 Å². The SMILES string of the molecule is CC/C=C\C/C=C\C/C=C\C/C=C\C/C=C\C/C=C\C/C=C\C/C=C\CCCCCCCCCCCCCCCCC(=O)OC(CO)COC(=O)CCCCCCCCCCCCCCCCCCCCCCCCCCCCC/C=C\C/C=C\CCCCCCC. The van der Waals surface area contributed by atoms with Gasteiger partial charge >= 0.3 is 11.9 Å². The molecule has 5 nitrogen and oxygen atoms in total. The quantitative estimate of drug-likeness (QED) is 0.0373. The summed E-state index contributed by atoms with van der Waals surface area (Å²) < 4.78 is 10.8. The van der Waals surface area contributed by atoms with Crippen molar-refractivity contribution in [3.63, 3.8) is 0 Å². The Morgan fingerprint density at radius 2 is 0.467 bits per heavy atom. The van der Waals surface area contributed by atoms with Crippen molar-refractivity contribution in [2.45, 2.75) is 405 Å². The van der Waals surface area contributed by atoms with Crippen molar-refractivity contribution in [3.05, 3.63) is 122 Å². The maximum Gasteiger partial charge on any atom is 0.306 e. The van der Waals surface area contributed by atoms with Gasteiger partial charge in [-0.15, -0.1) is 0 Å². The molecule has 0 aromatic heterocycles. The first-order valence-electron chi connectivity index (χ1n) is 40.1. The van der Waals surface area contributed by atoms with Crippen LogP contribution in [-0.2, 0) is 19.1 Å². The Labute approximate surface area is 573 Å². The summed E-state index contributed by atoms with van der Waals surface area (Å²) in [6.07, 6.45) is 120. The summed E-state index contributed by atoms with van der Waals surface area (Å²) in [4.78, 5) is 24.7. The van der Waals surface area contributed by atoms with Crippen molar-refractivity contribution >= 4 is 11.9 Å². The maximum absolute atomic E-state index is 12.4. The molecule has 0 bridgehead atoms. The standard InChI is InChI=1S/C87H152O5/c1-3-5-7-9-11-13-15-17-19-21-23-25-27-29-31-33-35-37-39-41-43-45-47-49-51-53-55-57-59-61-63-65-67-69-71-73-75-77-79-81-86(89)91-84-85(83-88)92-87(90)82-80-78-76-74-72-70-68-66-64-62-60-58-56-54-52-50-48-46-44-42-40-38-36-34-32-30-28-26-24-22-20-18-16-14-12-10-8-6-4-2/h6,8,12,14-15,17-18,20-21,23-24,26,30,32,36,38,42,44,48,50,85,88H,3-5,7,9-11,13,16,19,22,25,27-29,31,33-35,37,39-41,43,45-47,49,51-84H2,1-2H3/b8-6-,14-12-,17-15-,20-18-,23-21-,26-24-,32-30-,38-36-,44-42-,50-48-. The van der Waals surface area contributed by atoms with Crippen LogP contribution in [0.5, 0.6) is 0 Å². The Morgan fingerprint density at radius 3 is 0.707 bits per heavy atom. The predicted octanol–water partition coefficient (Wildman–Crippen LogP) is 28.4. The van der Waals surface area contributed by atoms with E-state index in [0.717, 1.165) is 96.3 Å². The number of allylic oxidation sites excluding steroid dienone is 20. The van der Waals surface area contributed by atoms with Gasteiger partial charge in [0.05, 0.1) is 6.61 Å². The molecule has 0 saturated heterocycles. The number of rotatable bonds is 74. The second-order valence-electron chi connectivity index (χ2n) is 26.8. The number of carbonyl (C=O) groups is 2. The third kappa shape index (κ3) is 78.7. The van der Waals surface area contributed by atoms with Crippen LogP contribution in [0.4, 0.5) is 0 Å². The molecule has 0 heterocycles. The summed E-state index contributed by atoms with van der Waals surface area (Å²) in [7, 11) is 0. The van der Waals surface area contributed by atoms with Gasteiger partial charge in [-0.1, -0.05) is 399 Å². The van der Waals surface area contributed by atoms with E-state index in [-0.39, 0.29) is 25.2 Å². The fourth-order valence-corrected chi connectivity index (χ4v) is 11.8. The third-order valence-corrected chi connectivity index (χ3v) is 17.7. The van der Waals surface area contributed by atoms with Gasteiger partial charge in [0.15, 0.2) is 6.10 Å². The number of esters is 2. The van der Waals surface area contributed by atoms with E-state index in [9.17, 15) is 14.7 Å². The first-order chi connectivity index (χ1) is 45.6. The second kappa shape index (κ2) is 81.5. The molecule has 1 unspecified atom stereocenters. The van der Waals surface area contributed by atoms with Crippen molar-refractivity contribution in [1.82, 2.24) is 0 Å². The lowest BCUT2D eigenvalue weighted by molar-refractivity contribution is -0.161. The highest BCUT2D eigenvalue weighted by Gasteiger charge is 2.16. The van der Waals surface area contributed by atoms with Crippen LogP contribution in [0.15, 0.2) is 122 Å². The van der Waals surface area contributed by atoms with E-state index < -0.39 is 6.10 Å². The van der Waals surface area contributed by atoms with Crippen LogP contribution in [0.3, 0.4) is 0 Å². The lowest BCUT2D eigenvalue weighted by Crippen LogP contribution is -2.28. The minimum absolute atomic E-state index is 0.0657. The summed E-state index contributed by atoms with van der Waals surface area (Å²) in [5, 5.41) is 9.73. The normalized spacial score (nSPS) is 12.9. The summed E-state index contributed by atoms with van der Waals surface area (Å²) in [5.74, 6) is -0.576. The van der Waals surface area contributed by atoms with E-state index in [1.165, 1.54) is 276 Å². The average Bonchev–Trinajstić information content (AvgIpc) is 3.75. The van der Waals surface area contributed by atoms with Crippen LogP contribution in [0.2, 0.25) is 0 Å². The zero-order valence-corrected chi connectivity index (χ0v) is 61.0. The van der Waals surface area contributed by atoms with Crippen LogP contribution in [0.1, 0.15) is 399 Å². The van der Waals surface area contributed by atoms with Crippen molar-refractivity contribution < 1.29 is 24.2 Å². The fraction of sp³-hybridized carbons (Fsp3) is 0.747. The zero-order chi connectivity index (χ0) is 66.1. The zero-order valence-electron chi connectivity index (χ0n) is 61.0. The molecule has 92 heavy (non-hydrogen) atoms. The summed E-state index contributed by atoms with van der Waals surface area (Å²) in [6.45, 7) is 4.06. The van der Waals surface area contributed by atoms with E-state index in [1.54, 1.807) is 0 Å². The Balaban J connectivity index is 3.43. The smallest absolute Gasteiger partial charge is 0.306 e. The average molecular weight is 1280 g/mol. The summed E-state index contributed by atoms with van der Waals surface area (Å²) >= 11 is 0. The topological polar surface area (TPSA) is 72.8 Å². The Hall–Kier alpha value is -3.70. The number of aliphatic hydroxyl groups excluding tert-OH is 1. The lowest BCUT2D eigenvalue weighted by atomic mass is 10.0. The molecule has 0 saturated carbocycles. The maximum atomic E-state index is 12.4. The molecule has 1 N–H and O–H groups in total. The number of ether oxygens (including phenoxy) is 2. The Morgan fingerprint density at radius 1 is 0.261 bits per heavy atom. The lowest BCUT2D eigenvalue weighted by Gasteiger charge is -2.15. The van der Waals surface area contributed by atoms with Gasteiger partial charge in [-0.25, -0.2) is 0 Å². The number of hydrogen-bond donors (Lipinski definition) is 1. The second-order valence-corrected chi connectivity index (χ2v) is 26.8. The summed E-state index contributed by atoms with van der Waals surface area (Å²) in [6, 6.07) is 0. The van der Waals surface area contributed by atoms with Crippen LogP contribution in [0.25, 0.3) is 0 Å². The fourth-order valence-electron chi connectivity index (χ4n) is 11.8. The molecule has 530 valence electrons. The van der Waals surface area contributed by atoms with E-state index in [2.05, 4.69) is 135 Å². The van der Waals surface area contributed by atoms with Crippen LogP contribution in [-0.4, -0.2) is 36.4 Å². The molecule has 0 spiro atoms. The molecule has 0 aliphatic heterocycles. The van der Waals surface area contributed by atoms with Gasteiger partial charge in [-0.2, -0.15) is 0 Å². The first kappa shape index (κ1) is 88.3. The van der Waals surface area contributed by atoms with Crippen molar-refractivity contribution in [3.8, 4) is 0 Å². The first-order valence-corrected chi connectivity index (χ1v) is 40.1. The molecule has 0 amide bonds. The predicted molar refractivity (Wildman–Crippen MR) is 408 cm³/mol. The third-order valence-electron chi connectivity index (χ3n) is 17.7. The van der Waals surface area contributed by atoms with Crippen molar-refractivity contribution in [2.75, 3.05) is 13.2 Å². The summed E-state index contributed by atoms with van der Waals surface area (Å²) in [5.41, 5.74) is 0. The molecule has 0 aliphatic rings. The van der Waals surface area contributed by atoms with Gasteiger partial charge in [-0.05, 0) is 109 Å². The molecule has 0 aromatic rings. The van der Waals surface area contributed by atoms with Crippen LogP contribution in [0, 0.1) is 0 Å². The van der Waals surface area contributed by atoms with E-state index >= 15 is 0 Å². The number of unbranched alkanes of at least 4 members (excludes halogenated alkanes) is 46. The molecule has 0 aromatic carbocycles. The molecular formula is C87H152O5. The van der Waals surface area contributed by atoms with E-state index in [1.807, 2.05) is 0 Å². The number of hydrogen-bond acceptors (Lipinski definition) is 5. The monoisotopic (exact) mass is 1280 g/mol. The van der Waals surface area contributed by atoms with Gasteiger partial charge in [-0.3, -0.25) is 9.59 Å². The largest absolute Gasteiger partial charge is 0.462 e. The molecular weight excluding hydrogens is 1120 g/mol. The highest BCUT2D eigenvalue weighted by molar-refractivity contribution is 5.70. The van der Waals surface area contributed by atoms with E-state index in [4.69, 9.17) is 9.47 Å². The number of aliphatic hydroxyl groups is 1. The van der Waals surface area contributed by atoms with Crippen LogP contribution < -0.4 is 0 Å². The minimum atomic E-state index is -0.778. The molecule has 0 fully saturated rings. The van der Waals surface area contributed by atoms with Crippen molar-refractivity contribution in [2.24, 2.45) is 0 Å². The highest BCUT2D eigenvalue weighted by Crippen LogP contribution is 2.19. The van der Waals surface area contributed by atoms with Gasteiger partial charge < -0.3 is 14.6 Å². The Bertz CT molecular complexity index is 1790. The molecule has 0 rings (SSSR count). The van der Waals surface area contributed by atoms with Crippen LogP contribution >= 0.6 is 0 Å². The van der Waals surface area contributed by atoms with Gasteiger partial charge in [0.1, 0.15) is 6.61 Å².